The predicted octanol–water partition coefficient (Wildman–Crippen LogP) is 2.64. The number of aliphatic imine (C=N–C) groups is 1. The van der Waals surface area contributed by atoms with Crippen molar-refractivity contribution in [1.82, 2.24) is 20.0 Å². The van der Waals surface area contributed by atoms with Crippen molar-refractivity contribution in [1.29, 1.82) is 0 Å². The van der Waals surface area contributed by atoms with E-state index in [1.807, 2.05) is 21.1 Å². The quantitative estimate of drug-likeness (QED) is 0.355. The summed E-state index contributed by atoms with van der Waals surface area (Å²) in [5, 5.41) is 3.57. The third-order valence-corrected chi connectivity index (χ3v) is 6.77. The first-order valence-electron chi connectivity index (χ1n) is 10.9. The third-order valence-electron chi connectivity index (χ3n) is 6.77. The molecule has 0 aromatic carbocycles. The Hall–Kier alpha value is -0.570. The number of halogens is 1. The molecule has 2 aliphatic heterocycles. The zero-order valence-corrected chi connectivity index (χ0v) is 20.4. The maximum Gasteiger partial charge on any atom is 0.230 e. The maximum absolute atomic E-state index is 12.8. The molecule has 1 amide bonds. The molecule has 2 saturated heterocycles. The number of rotatable bonds is 5. The van der Waals surface area contributed by atoms with Crippen molar-refractivity contribution in [2.75, 3.05) is 60.4 Å². The zero-order valence-electron chi connectivity index (χ0n) is 18.1. The number of hydrogen-bond donors (Lipinski definition) is 1. The van der Waals surface area contributed by atoms with Crippen molar-refractivity contribution in [3.05, 3.63) is 0 Å². The van der Waals surface area contributed by atoms with Gasteiger partial charge in [-0.2, -0.15) is 0 Å². The van der Waals surface area contributed by atoms with E-state index >= 15 is 0 Å². The summed E-state index contributed by atoms with van der Waals surface area (Å²) < 4.78 is 0. The van der Waals surface area contributed by atoms with Gasteiger partial charge in [0, 0.05) is 47.3 Å². The lowest BCUT2D eigenvalue weighted by atomic mass is 9.84. The van der Waals surface area contributed by atoms with E-state index in [1.165, 1.54) is 45.3 Å². The summed E-state index contributed by atoms with van der Waals surface area (Å²) in [5.41, 5.74) is -0.244. The second-order valence-electron chi connectivity index (χ2n) is 9.05. The lowest BCUT2D eigenvalue weighted by Crippen LogP contribution is -2.50. The molecule has 0 aromatic heterocycles. The Morgan fingerprint density at radius 3 is 2.39 bits per heavy atom. The largest absolute Gasteiger partial charge is 0.355 e. The van der Waals surface area contributed by atoms with Gasteiger partial charge in [0.2, 0.25) is 5.91 Å². The van der Waals surface area contributed by atoms with Crippen LogP contribution in [0.15, 0.2) is 4.99 Å². The molecule has 3 rings (SSSR count). The van der Waals surface area contributed by atoms with Gasteiger partial charge in [-0.1, -0.05) is 19.3 Å². The molecular formula is C21H40IN5O. The Morgan fingerprint density at radius 1 is 1.11 bits per heavy atom. The Morgan fingerprint density at radius 2 is 1.79 bits per heavy atom. The van der Waals surface area contributed by atoms with E-state index in [0.717, 1.165) is 50.7 Å². The number of hydrogen-bond acceptors (Lipinski definition) is 3. The van der Waals surface area contributed by atoms with Gasteiger partial charge in [0.25, 0.3) is 0 Å². The predicted molar refractivity (Wildman–Crippen MR) is 126 cm³/mol. The standard InChI is InChI=1S/C21H39N5O.HI/c1-22-20(23-17-21(10-5-6-11-21)19(27)24(2)3)26-14-9-18(16-26)15-25-12-7-4-8-13-25;/h18H,4-17H2,1-3H3,(H,22,23);1H. The van der Waals surface area contributed by atoms with Crippen LogP contribution in [0.1, 0.15) is 51.4 Å². The van der Waals surface area contributed by atoms with Gasteiger partial charge < -0.3 is 20.0 Å². The molecule has 2 heterocycles. The highest BCUT2D eigenvalue weighted by Crippen LogP contribution is 2.39. The molecule has 3 fully saturated rings. The molecule has 3 aliphatic rings. The SMILES string of the molecule is CN=C(NCC1(C(=O)N(C)C)CCCC1)N1CCC(CN2CCCCC2)C1.I. The van der Waals surface area contributed by atoms with E-state index in [-0.39, 0.29) is 35.3 Å². The van der Waals surface area contributed by atoms with Crippen molar-refractivity contribution in [3.8, 4) is 0 Å². The van der Waals surface area contributed by atoms with Gasteiger partial charge in [0.05, 0.1) is 5.41 Å². The van der Waals surface area contributed by atoms with Gasteiger partial charge in [-0.3, -0.25) is 9.79 Å². The second-order valence-corrected chi connectivity index (χ2v) is 9.05. The van der Waals surface area contributed by atoms with Gasteiger partial charge in [-0.25, -0.2) is 0 Å². The molecule has 0 aromatic rings. The van der Waals surface area contributed by atoms with Crippen molar-refractivity contribution in [3.63, 3.8) is 0 Å². The average molecular weight is 505 g/mol. The van der Waals surface area contributed by atoms with Crippen LogP contribution in [0, 0.1) is 11.3 Å². The Labute approximate surface area is 188 Å². The summed E-state index contributed by atoms with van der Waals surface area (Å²) >= 11 is 0. The van der Waals surface area contributed by atoms with E-state index in [2.05, 4.69) is 20.1 Å². The van der Waals surface area contributed by atoms with Crippen LogP contribution in [0.2, 0.25) is 0 Å². The Bertz CT molecular complexity index is 527. The minimum atomic E-state index is -0.244. The van der Waals surface area contributed by atoms with Crippen LogP contribution in [0.25, 0.3) is 0 Å². The molecule has 0 spiro atoms. The first kappa shape index (κ1) is 23.7. The molecule has 1 atom stereocenters. The number of carbonyl (C=O) groups is 1. The number of amides is 1. The number of likely N-dealkylation sites (tertiary alicyclic amines) is 2. The molecule has 1 saturated carbocycles. The molecule has 0 bridgehead atoms. The summed E-state index contributed by atoms with van der Waals surface area (Å²) in [6.07, 6.45) is 9.67. The van der Waals surface area contributed by atoms with Gasteiger partial charge >= 0.3 is 0 Å². The molecule has 1 N–H and O–H groups in total. The fourth-order valence-corrected chi connectivity index (χ4v) is 5.25. The molecular weight excluding hydrogens is 465 g/mol. The number of nitrogens with one attached hydrogen (secondary N) is 1. The van der Waals surface area contributed by atoms with Gasteiger partial charge in [0.15, 0.2) is 5.96 Å². The lowest BCUT2D eigenvalue weighted by Gasteiger charge is -2.33. The number of piperidine rings is 1. The molecule has 162 valence electrons. The smallest absolute Gasteiger partial charge is 0.230 e. The maximum atomic E-state index is 12.8. The fraction of sp³-hybridized carbons (Fsp3) is 0.905. The van der Waals surface area contributed by atoms with Crippen molar-refractivity contribution < 1.29 is 4.79 Å². The summed E-state index contributed by atoms with van der Waals surface area (Å²) in [6, 6.07) is 0. The van der Waals surface area contributed by atoms with Gasteiger partial charge in [-0.05, 0) is 51.1 Å². The second kappa shape index (κ2) is 11.0. The van der Waals surface area contributed by atoms with Crippen LogP contribution < -0.4 is 5.32 Å². The summed E-state index contributed by atoms with van der Waals surface area (Å²) in [4.78, 5) is 24.1. The fourth-order valence-electron chi connectivity index (χ4n) is 5.25. The number of carbonyl (C=O) groups excluding carboxylic acids is 1. The Kier molecular flexibility index (Phi) is 9.31. The lowest BCUT2D eigenvalue weighted by molar-refractivity contribution is -0.138. The van der Waals surface area contributed by atoms with Crippen LogP contribution in [0.4, 0.5) is 0 Å². The van der Waals surface area contributed by atoms with Gasteiger partial charge in [-0.15, -0.1) is 24.0 Å². The number of nitrogens with zero attached hydrogens (tertiary/aromatic N) is 4. The third kappa shape index (κ3) is 5.74. The van der Waals surface area contributed by atoms with Crippen LogP contribution in [0.5, 0.6) is 0 Å². The molecule has 7 heteroatoms. The zero-order chi connectivity index (χ0) is 19.3. The molecule has 28 heavy (non-hydrogen) atoms. The highest BCUT2D eigenvalue weighted by molar-refractivity contribution is 14.0. The van der Waals surface area contributed by atoms with Crippen molar-refractivity contribution in [2.24, 2.45) is 16.3 Å². The van der Waals surface area contributed by atoms with Crippen LogP contribution >= 0.6 is 24.0 Å². The first-order chi connectivity index (χ1) is 13.0. The van der Waals surface area contributed by atoms with E-state index in [1.54, 1.807) is 4.90 Å². The highest BCUT2D eigenvalue weighted by atomic mass is 127. The van der Waals surface area contributed by atoms with E-state index in [9.17, 15) is 4.79 Å². The van der Waals surface area contributed by atoms with E-state index < -0.39 is 0 Å². The van der Waals surface area contributed by atoms with Crippen LogP contribution in [0.3, 0.4) is 0 Å². The van der Waals surface area contributed by atoms with Crippen molar-refractivity contribution in [2.45, 2.75) is 51.4 Å². The minimum Gasteiger partial charge on any atom is -0.355 e. The van der Waals surface area contributed by atoms with Crippen molar-refractivity contribution >= 4 is 35.8 Å². The summed E-state index contributed by atoms with van der Waals surface area (Å²) in [7, 11) is 5.63. The van der Waals surface area contributed by atoms with Crippen LogP contribution in [-0.4, -0.2) is 87.0 Å². The normalized spacial score (nSPS) is 25.5. The van der Waals surface area contributed by atoms with Crippen LogP contribution in [-0.2, 0) is 4.79 Å². The molecule has 0 radical (unpaired) electrons. The Balaban J connectivity index is 0.00000280. The van der Waals surface area contributed by atoms with Gasteiger partial charge in [0.1, 0.15) is 0 Å². The summed E-state index contributed by atoms with van der Waals surface area (Å²) in [6.45, 7) is 6.66. The van der Waals surface area contributed by atoms with E-state index in [4.69, 9.17) is 0 Å². The minimum absolute atomic E-state index is 0. The highest BCUT2D eigenvalue weighted by Gasteiger charge is 2.42. The molecule has 1 aliphatic carbocycles. The summed E-state index contributed by atoms with van der Waals surface area (Å²) in [5.74, 6) is 1.99. The molecule has 1 unspecified atom stereocenters. The monoisotopic (exact) mass is 505 g/mol. The van der Waals surface area contributed by atoms with E-state index in [0.29, 0.717) is 6.54 Å². The number of guanidine groups is 1. The molecule has 6 nitrogen and oxygen atoms in total. The average Bonchev–Trinajstić information content (AvgIpc) is 3.33. The topological polar surface area (TPSA) is 51.2 Å². The first-order valence-corrected chi connectivity index (χ1v) is 10.9.